The molecule has 0 spiro atoms. The van der Waals surface area contributed by atoms with E-state index in [0.717, 1.165) is 51.6 Å². The van der Waals surface area contributed by atoms with Crippen LogP contribution in [-0.2, 0) is 9.53 Å². The summed E-state index contributed by atoms with van der Waals surface area (Å²) in [4.78, 5) is 11.5. The van der Waals surface area contributed by atoms with Crippen LogP contribution in [0.4, 0.5) is 0 Å². The van der Waals surface area contributed by atoms with Crippen molar-refractivity contribution in [3.05, 3.63) is 12.3 Å². The molecule has 0 aliphatic carbocycles. The van der Waals surface area contributed by atoms with E-state index >= 15 is 0 Å². The summed E-state index contributed by atoms with van der Waals surface area (Å²) < 4.78 is 5.41. The number of hydrogen-bond donors (Lipinski definition) is 0. The van der Waals surface area contributed by atoms with Crippen LogP contribution in [0.2, 0.25) is 0 Å². The Labute approximate surface area is 105 Å². The molecule has 0 radical (unpaired) electrons. The van der Waals surface area contributed by atoms with E-state index in [-0.39, 0.29) is 0 Å². The van der Waals surface area contributed by atoms with Crippen molar-refractivity contribution in [2.75, 3.05) is 6.61 Å². The Balaban J connectivity index is 2.18. The van der Waals surface area contributed by atoms with Crippen LogP contribution in [-0.4, -0.2) is 12.4 Å². The molecule has 1 aliphatic rings. The standard InChI is InChI=1S/C15H26O2/c16-15-11-7-3-1-2-5-9-13-17-14-10-6-4-8-12-15/h10,14H,1-9,11-13H2. The molecule has 0 saturated carbocycles. The van der Waals surface area contributed by atoms with Crippen LogP contribution in [0.25, 0.3) is 0 Å². The molecule has 0 amide bonds. The topological polar surface area (TPSA) is 26.3 Å². The van der Waals surface area contributed by atoms with Gasteiger partial charge in [0.1, 0.15) is 5.78 Å². The molecule has 1 rings (SSSR count). The van der Waals surface area contributed by atoms with E-state index in [4.69, 9.17) is 4.74 Å². The Morgan fingerprint density at radius 3 is 2.29 bits per heavy atom. The highest BCUT2D eigenvalue weighted by atomic mass is 16.5. The molecule has 0 aromatic heterocycles. The number of allylic oxidation sites excluding steroid dienone is 1. The first-order chi connectivity index (χ1) is 8.39. The van der Waals surface area contributed by atoms with Gasteiger partial charge >= 0.3 is 0 Å². The SMILES string of the molecule is O=C1CCCCC=COCCCCCCCC1. The van der Waals surface area contributed by atoms with Crippen LogP contribution in [0.15, 0.2) is 12.3 Å². The molecule has 1 heterocycles. The zero-order valence-corrected chi connectivity index (χ0v) is 11.0. The highest BCUT2D eigenvalue weighted by Gasteiger charge is 2.01. The van der Waals surface area contributed by atoms with Crippen LogP contribution >= 0.6 is 0 Å². The predicted molar refractivity (Wildman–Crippen MR) is 70.9 cm³/mol. The van der Waals surface area contributed by atoms with E-state index in [1.807, 2.05) is 6.26 Å². The normalized spacial score (nSPS) is 22.0. The summed E-state index contributed by atoms with van der Waals surface area (Å²) in [6.07, 6.45) is 15.9. The Bertz CT molecular complexity index is 221. The number of ether oxygens (including phenoxy) is 1. The maximum atomic E-state index is 11.5. The van der Waals surface area contributed by atoms with Gasteiger partial charge in [0, 0.05) is 12.8 Å². The summed E-state index contributed by atoms with van der Waals surface area (Å²) in [6, 6.07) is 0. The average Bonchev–Trinajstić information content (AvgIpc) is 2.32. The molecule has 2 nitrogen and oxygen atoms in total. The fourth-order valence-corrected chi connectivity index (χ4v) is 2.13. The molecule has 0 N–H and O–H groups in total. The predicted octanol–water partition coefficient (Wildman–Crippen LogP) is 4.39. The van der Waals surface area contributed by atoms with Crippen molar-refractivity contribution < 1.29 is 9.53 Å². The summed E-state index contributed by atoms with van der Waals surface area (Å²) in [7, 11) is 0. The number of hydrogen-bond acceptors (Lipinski definition) is 2. The van der Waals surface area contributed by atoms with Gasteiger partial charge in [0.2, 0.25) is 0 Å². The van der Waals surface area contributed by atoms with Crippen molar-refractivity contribution in [3.8, 4) is 0 Å². The van der Waals surface area contributed by atoms with E-state index in [1.54, 1.807) is 0 Å². The minimum atomic E-state index is 0.456. The number of Topliss-reactive ketones (excluding diaryl/α,β-unsaturated/α-hetero) is 1. The van der Waals surface area contributed by atoms with Gasteiger partial charge in [0.25, 0.3) is 0 Å². The van der Waals surface area contributed by atoms with Gasteiger partial charge in [-0.2, -0.15) is 0 Å². The quantitative estimate of drug-likeness (QED) is 0.625. The number of ketones is 1. The Kier molecular flexibility index (Phi) is 8.71. The average molecular weight is 238 g/mol. The zero-order chi connectivity index (χ0) is 12.2. The second kappa shape index (κ2) is 10.4. The summed E-state index contributed by atoms with van der Waals surface area (Å²) in [5.41, 5.74) is 0. The first kappa shape index (κ1) is 14.3. The summed E-state index contributed by atoms with van der Waals surface area (Å²) in [5.74, 6) is 0.456. The number of carbonyl (C=O) groups excluding carboxylic acids is 1. The summed E-state index contributed by atoms with van der Waals surface area (Å²) >= 11 is 0. The number of rotatable bonds is 0. The van der Waals surface area contributed by atoms with Crippen LogP contribution in [0.5, 0.6) is 0 Å². The fourth-order valence-electron chi connectivity index (χ4n) is 2.13. The largest absolute Gasteiger partial charge is 0.502 e. The Hall–Kier alpha value is -0.790. The van der Waals surface area contributed by atoms with Crippen LogP contribution in [0.3, 0.4) is 0 Å². The van der Waals surface area contributed by atoms with Crippen molar-refractivity contribution in [3.63, 3.8) is 0 Å². The van der Waals surface area contributed by atoms with Crippen molar-refractivity contribution in [1.29, 1.82) is 0 Å². The second-order valence-electron chi connectivity index (χ2n) is 4.90. The van der Waals surface area contributed by atoms with Gasteiger partial charge in [-0.25, -0.2) is 0 Å². The fraction of sp³-hybridized carbons (Fsp3) is 0.800. The molecular weight excluding hydrogens is 212 g/mol. The maximum Gasteiger partial charge on any atom is 0.132 e. The third-order valence-corrected chi connectivity index (χ3v) is 3.24. The smallest absolute Gasteiger partial charge is 0.132 e. The molecule has 2 heteroatoms. The molecular formula is C15H26O2. The van der Waals surface area contributed by atoms with Crippen LogP contribution in [0.1, 0.15) is 70.6 Å². The van der Waals surface area contributed by atoms with Gasteiger partial charge in [-0.05, 0) is 38.2 Å². The second-order valence-corrected chi connectivity index (χ2v) is 4.90. The molecule has 17 heavy (non-hydrogen) atoms. The van der Waals surface area contributed by atoms with Gasteiger partial charge < -0.3 is 4.74 Å². The van der Waals surface area contributed by atoms with Gasteiger partial charge in [0.05, 0.1) is 12.9 Å². The van der Waals surface area contributed by atoms with Crippen LogP contribution in [0, 0.1) is 0 Å². The van der Waals surface area contributed by atoms with Crippen molar-refractivity contribution >= 4 is 5.78 Å². The van der Waals surface area contributed by atoms with Crippen molar-refractivity contribution in [1.82, 2.24) is 0 Å². The third kappa shape index (κ3) is 8.96. The molecule has 0 saturated heterocycles. The lowest BCUT2D eigenvalue weighted by Crippen LogP contribution is -1.97. The highest BCUT2D eigenvalue weighted by Crippen LogP contribution is 2.10. The molecule has 0 aromatic rings. The molecule has 98 valence electrons. The summed E-state index contributed by atoms with van der Waals surface area (Å²) in [5, 5.41) is 0. The lowest BCUT2D eigenvalue weighted by atomic mass is 10.0. The molecule has 0 aromatic carbocycles. The van der Waals surface area contributed by atoms with Gasteiger partial charge in [-0.15, -0.1) is 0 Å². The number of carbonyl (C=O) groups is 1. The monoisotopic (exact) mass is 238 g/mol. The minimum absolute atomic E-state index is 0.456. The van der Waals surface area contributed by atoms with E-state index in [9.17, 15) is 4.79 Å². The lowest BCUT2D eigenvalue weighted by Gasteiger charge is -2.04. The molecule has 0 unspecified atom stereocenters. The highest BCUT2D eigenvalue weighted by molar-refractivity contribution is 5.78. The van der Waals surface area contributed by atoms with E-state index in [0.29, 0.717) is 5.78 Å². The van der Waals surface area contributed by atoms with Gasteiger partial charge in [0.15, 0.2) is 0 Å². The minimum Gasteiger partial charge on any atom is -0.502 e. The van der Waals surface area contributed by atoms with E-state index in [1.165, 1.54) is 25.7 Å². The van der Waals surface area contributed by atoms with E-state index < -0.39 is 0 Å². The van der Waals surface area contributed by atoms with Gasteiger partial charge in [-0.1, -0.05) is 25.7 Å². The molecule has 0 bridgehead atoms. The van der Waals surface area contributed by atoms with Crippen LogP contribution < -0.4 is 0 Å². The van der Waals surface area contributed by atoms with Gasteiger partial charge in [-0.3, -0.25) is 4.79 Å². The lowest BCUT2D eigenvalue weighted by molar-refractivity contribution is -0.119. The third-order valence-electron chi connectivity index (χ3n) is 3.24. The molecule has 1 aliphatic heterocycles. The zero-order valence-electron chi connectivity index (χ0n) is 11.0. The molecule has 0 fully saturated rings. The molecule has 0 atom stereocenters. The van der Waals surface area contributed by atoms with Crippen molar-refractivity contribution in [2.45, 2.75) is 70.6 Å². The van der Waals surface area contributed by atoms with E-state index in [2.05, 4.69) is 6.08 Å². The summed E-state index contributed by atoms with van der Waals surface area (Å²) in [6.45, 7) is 0.856. The first-order valence-electron chi connectivity index (χ1n) is 7.18. The van der Waals surface area contributed by atoms with Crippen molar-refractivity contribution in [2.24, 2.45) is 0 Å². The Morgan fingerprint density at radius 2 is 1.47 bits per heavy atom. The maximum absolute atomic E-state index is 11.5. The first-order valence-corrected chi connectivity index (χ1v) is 7.18. The Morgan fingerprint density at radius 1 is 0.824 bits per heavy atom.